The van der Waals surface area contributed by atoms with Crippen molar-refractivity contribution in [1.82, 2.24) is 9.97 Å². The molecule has 9 heteroatoms. The van der Waals surface area contributed by atoms with E-state index in [0.29, 0.717) is 15.7 Å². The molecule has 0 aliphatic heterocycles. The molecular weight excluding hydrogens is 305 g/mol. The summed E-state index contributed by atoms with van der Waals surface area (Å²) in [5, 5.41) is 14.5. The van der Waals surface area contributed by atoms with E-state index in [1.165, 1.54) is 13.0 Å². The summed E-state index contributed by atoms with van der Waals surface area (Å²) in [7, 11) is 0. The molecule has 0 atom stereocenters. The molecule has 0 bridgehead atoms. The summed E-state index contributed by atoms with van der Waals surface area (Å²) in [5.41, 5.74) is 5.93. The van der Waals surface area contributed by atoms with Gasteiger partial charge in [0.15, 0.2) is 0 Å². The van der Waals surface area contributed by atoms with Gasteiger partial charge in [-0.1, -0.05) is 23.2 Å². The Labute approximate surface area is 123 Å². The summed E-state index contributed by atoms with van der Waals surface area (Å²) in [6.07, 6.45) is 0. The van der Waals surface area contributed by atoms with E-state index in [2.05, 4.69) is 15.3 Å². The maximum atomic E-state index is 11.1. The van der Waals surface area contributed by atoms with Gasteiger partial charge in [0.1, 0.15) is 5.69 Å². The zero-order valence-electron chi connectivity index (χ0n) is 10.2. The average molecular weight is 314 g/mol. The van der Waals surface area contributed by atoms with Crippen LogP contribution in [-0.4, -0.2) is 14.9 Å². The SMILES string of the molecule is Cc1nc(N)nc(Nc2ccc(Cl)c(Cl)c2)c1[N+](=O)[O-]. The highest BCUT2D eigenvalue weighted by Crippen LogP contribution is 2.31. The molecule has 0 fully saturated rings. The Bertz CT molecular complexity index is 693. The summed E-state index contributed by atoms with van der Waals surface area (Å²) in [6.45, 7) is 1.48. The average Bonchev–Trinajstić information content (AvgIpc) is 2.32. The molecule has 0 aliphatic rings. The summed E-state index contributed by atoms with van der Waals surface area (Å²) < 4.78 is 0. The third-order valence-corrected chi connectivity index (χ3v) is 3.18. The zero-order valence-corrected chi connectivity index (χ0v) is 11.7. The van der Waals surface area contributed by atoms with E-state index in [-0.39, 0.29) is 23.1 Å². The second-order valence-corrected chi connectivity index (χ2v) is 4.69. The Balaban J connectivity index is 2.47. The molecule has 0 radical (unpaired) electrons. The Morgan fingerprint density at radius 3 is 2.60 bits per heavy atom. The highest BCUT2D eigenvalue weighted by Gasteiger charge is 2.21. The predicted octanol–water partition coefficient (Wildman–Crippen LogP) is 3.33. The van der Waals surface area contributed by atoms with Gasteiger partial charge in [0.25, 0.3) is 0 Å². The number of rotatable bonds is 3. The molecule has 1 aromatic heterocycles. The fourth-order valence-electron chi connectivity index (χ4n) is 1.60. The molecular formula is C11H9Cl2N5O2. The molecule has 0 amide bonds. The number of aryl methyl sites for hydroxylation is 1. The molecule has 0 saturated carbocycles. The highest BCUT2D eigenvalue weighted by atomic mass is 35.5. The van der Waals surface area contributed by atoms with Crippen molar-refractivity contribution in [3.05, 3.63) is 44.1 Å². The summed E-state index contributed by atoms with van der Waals surface area (Å²) in [6, 6.07) is 4.71. The highest BCUT2D eigenvalue weighted by molar-refractivity contribution is 6.42. The molecule has 2 aromatic rings. The Morgan fingerprint density at radius 2 is 2.00 bits per heavy atom. The smallest absolute Gasteiger partial charge is 0.332 e. The van der Waals surface area contributed by atoms with Crippen LogP contribution in [0.3, 0.4) is 0 Å². The van der Waals surface area contributed by atoms with Crippen LogP contribution in [-0.2, 0) is 0 Å². The van der Waals surface area contributed by atoms with Crippen LogP contribution < -0.4 is 11.1 Å². The van der Waals surface area contributed by atoms with Gasteiger partial charge in [-0.25, -0.2) is 4.98 Å². The maximum Gasteiger partial charge on any atom is 0.332 e. The fourth-order valence-corrected chi connectivity index (χ4v) is 1.90. The number of hydrogen-bond donors (Lipinski definition) is 2. The van der Waals surface area contributed by atoms with Crippen LogP contribution in [0.15, 0.2) is 18.2 Å². The minimum Gasteiger partial charge on any atom is -0.368 e. The fraction of sp³-hybridized carbons (Fsp3) is 0.0909. The second kappa shape index (κ2) is 5.48. The lowest BCUT2D eigenvalue weighted by Crippen LogP contribution is -2.06. The largest absolute Gasteiger partial charge is 0.368 e. The molecule has 2 rings (SSSR count). The number of hydrogen-bond acceptors (Lipinski definition) is 6. The third kappa shape index (κ3) is 2.89. The van der Waals surface area contributed by atoms with Crippen molar-refractivity contribution in [2.45, 2.75) is 6.92 Å². The Hall–Kier alpha value is -2.12. The number of benzene rings is 1. The van der Waals surface area contributed by atoms with Gasteiger partial charge < -0.3 is 11.1 Å². The molecule has 20 heavy (non-hydrogen) atoms. The lowest BCUT2D eigenvalue weighted by Gasteiger charge is -2.08. The first-order valence-corrected chi connectivity index (χ1v) is 6.14. The van der Waals surface area contributed by atoms with Crippen LogP contribution in [0.4, 0.5) is 23.1 Å². The van der Waals surface area contributed by atoms with Gasteiger partial charge in [-0.2, -0.15) is 4.98 Å². The molecule has 7 nitrogen and oxygen atoms in total. The molecule has 104 valence electrons. The molecule has 0 saturated heterocycles. The number of halogens is 2. The maximum absolute atomic E-state index is 11.1. The van der Waals surface area contributed by atoms with Crippen LogP contribution in [0.2, 0.25) is 10.0 Å². The van der Waals surface area contributed by atoms with Gasteiger partial charge in [0.2, 0.25) is 11.8 Å². The van der Waals surface area contributed by atoms with Crippen LogP contribution in [0.5, 0.6) is 0 Å². The number of aromatic nitrogens is 2. The Morgan fingerprint density at radius 1 is 1.30 bits per heavy atom. The van der Waals surface area contributed by atoms with Crippen molar-refractivity contribution >= 4 is 46.3 Å². The molecule has 1 heterocycles. The van der Waals surface area contributed by atoms with Crippen molar-refractivity contribution in [1.29, 1.82) is 0 Å². The number of anilines is 3. The quantitative estimate of drug-likeness (QED) is 0.664. The number of nitrogens with one attached hydrogen (secondary N) is 1. The number of nitrogens with zero attached hydrogens (tertiary/aromatic N) is 3. The van der Waals surface area contributed by atoms with Gasteiger partial charge in [-0.05, 0) is 25.1 Å². The monoisotopic (exact) mass is 313 g/mol. The number of nitrogen functional groups attached to an aromatic ring is 1. The minimum absolute atomic E-state index is 0.00149. The van der Waals surface area contributed by atoms with Gasteiger partial charge in [-0.15, -0.1) is 0 Å². The first-order chi connectivity index (χ1) is 9.38. The van der Waals surface area contributed by atoms with Crippen LogP contribution in [0.25, 0.3) is 0 Å². The third-order valence-electron chi connectivity index (χ3n) is 2.44. The van der Waals surface area contributed by atoms with E-state index in [1.54, 1.807) is 12.1 Å². The number of nitrogens with two attached hydrogens (primary N) is 1. The molecule has 3 N–H and O–H groups in total. The van der Waals surface area contributed by atoms with Gasteiger partial charge in [-0.3, -0.25) is 10.1 Å². The normalized spacial score (nSPS) is 10.3. The van der Waals surface area contributed by atoms with E-state index in [0.717, 1.165) is 0 Å². The van der Waals surface area contributed by atoms with E-state index in [9.17, 15) is 10.1 Å². The predicted molar refractivity (Wildman–Crippen MR) is 77.6 cm³/mol. The Kier molecular flexibility index (Phi) is 3.91. The summed E-state index contributed by atoms with van der Waals surface area (Å²) in [4.78, 5) is 18.1. The van der Waals surface area contributed by atoms with Gasteiger partial charge in [0, 0.05) is 5.69 Å². The van der Waals surface area contributed by atoms with Crippen molar-refractivity contribution in [3.63, 3.8) is 0 Å². The first kappa shape index (κ1) is 14.3. The first-order valence-electron chi connectivity index (χ1n) is 5.39. The minimum atomic E-state index is -0.575. The topological polar surface area (TPSA) is 107 Å². The molecule has 0 unspecified atom stereocenters. The standard InChI is InChI=1S/C11H9Cl2N5O2/c1-5-9(18(19)20)10(17-11(14)15-5)16-6-2-3-7(12)8(13)4-6/h2-4H,1H3,(H3,14,15,16,17). The molecule has 0 aliphatic carbocycles. The van der Waals surface area contributed by atoms with Crippen molar-refractivity contribution < 1.29 is 4.92 Å². The van der Waals surface area contributed by atoms with Gasteiger partial charge >= 0.3 is 5.69 Å². The van der Waals surface area contributed by atoms with Gasteiger partial charge in [0.05, 0.1) is 15.0 Å². The van der Waals surface area contributed by atoms with Crippen LogP contribution in [0.1, 0.15) is 5.69 Å². The van der Waals surface area contributed by atoms with E-state index < -0.39 is 4.92 Å². The second-order valence-electron chi connectivity index (χ2n) is 3.88. The summed E-state index contributed by atoms with van der Waals surface area (Å²) in [5.74, 6) is -0.0611. The van der Waals surface area contributed by atoms with Crippen LogP contribution >= 0.6 is 23.2 Å². The lowest BCUT2D eigenvalue weighted by atomic mass is 10.3. The van der Waals surface area contributed by atoms with E-state index in [4.69, 9.17) is 28.9 Å². The van der Waals surface area contributed by atoms with Crippen LogP contribution in [0, 0.1) is 17.0 Å². The van der Waals surface area contributed by atoms with Crippen molar-refractivity contribution in [2.24, 2.45) is 0 Å². The number of nitro groups is 1. The van der Waals surface area contributed by atoms with E-state index >= 15 is 0 Å². The van der Waals surface area contributed by atoms with Crippen molar-refractivity contribution in [3.8, 4) is 0 Å². The lowest BCUT2D eigenvalue weighted by molar-refractivity contribution is -0.385. The van der Waals surface area contributed by atoms with E-state index in [1.807, 2.05) is 0 Å². The summed E-state index contributed by atoms with van der Waals surface area (Å²) >= 11 is 11.7. The molecule has 1 aromatic carbocycles. The molecule has 0 spiro atoms. The zero-order chi connectivity index (χ0) is 14.9. The van der Waals surface area contributed by atoms with Crippen molar-refractivity contribution in [2.75, 3.05) is 11.1 Å².